The Morgan fingerprint density at radius 1 is 1.00 bits per heavy atom. The first-order valence-corrected chi connectivity index (χ1v) is 19.9. The summed E-state index contributed by atoms with van der Waals surface area (Å²) >= 11 is 0. The van der Waals surface area contributed by atoms with E-state index in [0.29, 0.717) is 5.56 Å². The summed E-state index contributed by atoms with van der Waals surface area (Å²) in [6.07, 6.45) is -2.29. The maximum absolute atomic E-state index is 13.4. The van der Waals surface area contributed by atoms with E-state index in [0.717, 1.165) is 9.98 Å². The zero-order chi connectivity index (χ0) is 29.4. The van der Waals surface area contributed by atoms with E-state index in [9.17, 15) is 18.0 Å². The number of nitrogens with two attached hydrogens (primary N) is 1. The van der Waals surface area contributed by atoms with Crippen LogP contribution in [0.25, 0.3) is 0 Å². The smallest absolute Gasteiger partial charge is 0.332 e. The molecule has 216 valence electrons. The van der Waals surface area contributed by atoms with Crippen molar-refractivity contribution in [2.24, 2.45) is 12.8 Å². The normalized spacial score (nSPS) is 28.2. The summed E-state index contributed by atoms with van der Waals surface area (Å²) in [5.74, 6) is 0. The van der Waals surface area contributed by atoms with Gasteiger partial charge in [0.2, 0.25) is 5.60 Å². The first-order valence-electron chi connectivity index (χ1n) is 12.6. The van der Waals surface area contributed by atoms with Crippen molar-refractivity contribution in [2.75, 3.05) is 0 Å². The predicted molar refractivity (Wildman–Crippen MR) is 150 cm³/mol. The van der Waals surface area contributed by atoms with Gasteiger partial charge in [0.1, 0.15) is 6.10 Å². The molecule has 0 aliphatic carbocycles. The minimum absolute atomic E-state index is 0.123. The van der Waals surface area contributed by atoms with Gasteiger partial charge in [-0.25, -0.2) is 8.98 Å². The molecule has 11 nitrogen and oxygen atoms in total. The van der Waals surface area contributed by atoms with Crippen LogP contribution in [0.1, 0.15) is 53.3 Å². The van der Waals surface area contributed by atoms with Crippen LogP contribution in [0.15, 0.2) is 26.9 Å². The second kappa shape index (κ2) is 9.24. The fourth-order valence-electron chi connectivity index (χ4n) is 3.98. The van der Waals surface area contributed by atoms with E-state index in [4.69, 9.17) is 23.5 Å². The highest BCUT2D eigenvalue weighted by Gasteiger charge is 2.69. The summed E-state index contributed by atoms with van der Waals surface area (Å²) < 4.78 is 53.6. The van der Waals surface area contributed by atoms with Crippen molar-refractivity contribution in [3.8, 4) is 0 Å². The van der Waals surface area contributed by atoms with Gasteiger partial charge in [0, 0.05) is 18.8 Å². The molecule has 0 aromatic carbocycles. The molecular weight excluding hydrogens is 547 g/mol. The molecule has 0 amide bonds. The highest BCUT2D eigenvalue weighted by molar-refractivity contribution is 7.90. The van der Waals surface area contributed by atoms with Crippen molar-refractivity contribution in [3.05, 3.63) is 43.7 Å². The van der Waals surface area contributed by atoms with Gasteiger partial charge >= 0.3 is 5.69 Å². The molecule has 3 heterocycles. The van der Waals surface area contributed by atoms with Crippen molar-refractivity contribution in [1.29, 1.82) is 0 Å². The number of aryl methyl sites for hydroxylation is 1. The monoisotopic (exact) mass is 589 g/mol. The molecule has 2 aliphatic heterocycles. The molecular formula is C24H43N3O8SSi2. The van der Waals surface area contributed by atoms with Crippen LogP contribution in [0, 0.1) is 6.92 Å². The zero-order valence-corrected chi connectivity index (χ0v) is 27.3. The van der Waals surface area contributed by atoms with Gasteiger partial charge < -0.3 is 19.3 Å². The second-order valence-electron chi connectivity index (χ2n) is 13.3. The highest BCUT2D eigenvalue weighted by atomic mass is 32.2. The first kappa shape index (κ1) is 31.0. The number of hydrogen-bond donors (Lipinski definition) is 1. The maximum Gasteiger partial charge on any atom is 0.332 e. The van der Waals surface area contributed by atoms with Gasteiger partial charge in [-0.2, -0.15) is 8.42 Å². The largest absolute Gasteiger partial charge is 0.406 e. The number of rotatable bonds is 5. The van der Waals surface area contributed by atoms with Gasteiger partial charge in [0.05, 0.1) is 11.1 Å². The summed E-state index contributed by atoms with van der Waals surface area (Å²) in [6.45, 7) is 21.8. The van der Waals surface area contributed by atoms with Crippen molar-refractivity contribution in [3.63, 3.8) is 0 Å². The Labute approximate surface area is 227 Å². The minimum atomic E-state index is -4.21. The Balaban J connectivity index is 2.35. The average molecular weight is 590 g/mol. The van der Waals surface area contributed by atoms with Gasteiger partial charge in [-0.1, -0.05) is 41.5 Å². The zero-order valence-electron chi connectivity index (χ0n) is 24.5. The number of hydrogen-bond acceptors (Lipinski definition) is 9. The molecule has 2 aliphatic rings. The van der Waals surface area contributed by atoms with Crippen molar-refractivity contribution in [1.82, 2.24) is 9.13 Å². The highest BCUT2D eigenvalue weighted by Crippen LogP contribution is 2.53. The predicted octanol–water partition coefficient (Wildman–Crippen LogP) is 3.02. The third kappa shape index (κ3) is 5.04. The van der Waals surface area contributed by atoms with E-state index in [2.05, 4.69) is 0 Å². The number of aromatic nitrogens is 2. The quantitative estimate of drug-likeness (QED) is 0.405. The first-order chi connectivity index (χ1) is 16.9. The average Bonchev–Trinajstić information content (AvgIpc) is 3.14. The summed E-state index contributed by atoms with van der Waals surface area (Å²) in [7, 11) is -8.11. The van der Waals surface area contributed by atoms with Crippen LogP contribution in [0.5, 0.6) is 0 Å². The molecule has 0 bridgehead atoms. The van der Waals surface area contributed by atoms with E-state index in [1.165, 1.54) is 17.8 Å². The maximum atomic E-state index is 13.4. The molecule has 1 fully saturated rings. The van der Waals surface area contributed by atoms with Crippen LogP contribution >= 0.6 is 0 Å². The fraction of sp³-hybridized carbons (Fsp3) is 0.750. The Kier molecular flexibility index (Phi) is 7.54. The second-order valence-corrected chi connectivity index (χ2v) is 24.2. The lowest BCUT2D eigenvalue weighted by molar-refractivity contribution is -0.147. The summed E-state index contributed by atoms with van der Waals surface area (Å²) in [5, 5.41) is 0.292. The van der Waals surface area contributed by atoms with Crippen LogP contribution in [-0.4, -0.2) is 52.2 Å². The van der Waals surface area contributed by atoms with Crippen LogP contribution < -0.4 is 17.0 Å². The molecule has 1 aromatic rings. The lowest BCUT2D eigenvalue weighted by Gasteiger charge is -2.44. The molecule has 1 unspecified atom stereocenters. The summed E-state index contributed by atoms with van der Waals surface area (Å²) in [5.41, 5.74) is 3.65. The number of ether oxygens (including phenoxy) is 1. The van der Waals surface area contributed by atoms with Crippen LogP contribution in [0.3, 0.4) is 0 Å². The third-order valence-corrected chi connectivity index (χ3v) is 18.4. The lowest BCUT2D eigenvalue weighted by atomic mass is 9.94. The summed E-state index contributed by atoms with van der Waals surface area (Å²) in [6, 6.07) is 0. The van der Waals surface area contributed by atoms with E-state index in [-0.39, 0.29) is 15.8 Å². The SMILES string of the molecule is Cc1cn([C@@H]2O[C@H](O[Si](C)(C)C(C)(C)C)C3(OS(=O)(=O)C=C3N)[C@H]2O[Si](C)(C)C(C)(C)C)c(=O)n(C)c1=O. The number of nitrogens with zero attached hydrogens (tertiary/aromatic N) is 2. The van der Waals surface area contributed by atoms with E-state index in [1.54, 1.807) is 6.92 Å². The van der Waals surface area contributed by atoms with Gasteiger partial charge in [-0.15, -0.1) is 0 Å². The van der Waals surface area contributed by atoms with Crippen LogP contribution in [0.2, 0.25) is 36.3 Å². The molecule has 4 atom stereocenters. The Morgan fingerprint density at radius 3 is 1.95 bits per heavy atom. The molecule has 2 N–H and O–H groups in total. The molecule has 0 radical (unpaired) electrons. The third-order valence-electron chi connectivity index (χ3n) is 8.46. The molecule has 14 heteroatoms. The standard InChI is InChI=1S/C24H43N3O8SSi2/c1-15-13-27(21(29)26(8)18(15)28)19-17(33-37(9,10)22(2,3)4)24(16(25)14-36(30,31)35-24)20(32-19)34-38(11,12)23(5,6)7/h13-14,17,19-20H,25H2,1-12H3/t17-,19+,20+,24?/m0/s1. The van der Waals surface area contributed by atoms with Crippen LogP contribution in [-0.2, 0) is 34.9 Å². The van der Waals surface area contributed by atoms with E-state index >= 15 is 0 Å². The fourth-order valence-corrected chi connectivity index (χ4v) is 7.58. The van der Waals surface area contributed by atoms with Crippen molar-refractivity contribution >= 4 is 26.8 Å². The van der Waals surface area contributed by atoms with Gasteiger partial charge in [0.25, 0.3) is 15.7 Å². The molecule has 3 rings (SSSR count). The topological polar surface area (TPSA) is 141 Å². The molecule has 38 heavy (non-hydrogen) atoms. The summed E-state index contributed by atoms with van der Waals surface area (Å²) in [4.78, 5) is 25.8. The van der Waals surface area contributed by atoms with Gasteiger partial charge in [-0.05, 0) is 43.2 Å². The lowest BCUT2D eigenvalue weighted by Crippen LogP contribution is -2.60. The van der Waals surface area contributed by atoms with E-state index in [1.807, 2.05) is 67.7 Å². The molecule has 1 aromatic heterocycles. The Morgan fingerprint density at radius 2 is 1.50 bits per heavy atom. The van der Waals surface area contributed by atoms with Crippen molar-refractivity contribution < 1.29 is 26.2 Å². The van der Waals surface area contributed by atoms with E-state index < -0.39 is 62.2 Å². The van der Waals surface area contributed by atoms with Gasteiger partial charge in [-0.3, -0.25) is 13.9 Å². The minimum Gasteiger partial charge on any atom is -0.406 e. The molecule has 1 saturated heterocycles. The van der Waals surface area contributed by atoms with Gasteiger partial charge in [0.15, 0.2) is 29.2 Å². The Bertz CT molecular complexity index is 1370. The molecule has 1 spiro atoms. The molecule has 0 saturated carbocycles. The van der Waals surface area contributed by atoms with Crippen molar-refractivity contribution in [2.45, 2.75) is 109 Å². The Hall–Kier alpha value is -1.56. The van der Waals surface area contributed by atoms with Crippen LogP contribution in [0.4, 0.5) is 0 Å².